The largest absolute Gasteiger partial charge is 0.379 e. The van der Waals surface area contributed by atoms with Gasteiger partial charge in [0.15, 0.2) is 0 Å². The molecule has 0 bridgehead atoms. The van der Waals surface area contributed by atoms with Crippen molar-refractivity contribution < 1.29 is 18.3 Å². The summed E-state index contributed by atoms with van der Waals surface area (Å²) < 4.78 is 41.5. The normalized spacial score (nSPS) is 26.2. The molecule has 2 aliphatic carbocycles. The van der Waals surface area contributed by atoms with E-state index in [0.29, 0.717) is 35.2 Å². The molecule has 0 radical (unpaired) electrons. The fraction of sp³-hybridized carbons (Fsp3) is 0.571. The van der Waals surface area contributed by atoms with Crippen LogP contribution in [-0.2, 0) is 9.47 Å². The Labute approximate surface area is 191 Å². The number of hydrogen-bond donors (Lipinski definition) is 0. The SMILES string of the molecule is CCO[C@H]1CC[C@H](c2ccc(-c3ccc([C@H]4CC[C@H](OCC)CC4)cc3F)c(F)c2)CC1. The van der Waals surface area contributed by atoms with Gasteiger partial charge in [0.2, 0.25) is 0 Å². The maximum Gasteiger partial charge on any atom is 0.131 e. The minimum Gasteiger partial charge on any atom is -0.379 e. The summed E-state index contributed by atoms with van der Waals surface area (Å²) in [6.45, 7) is 5.55. The van der Waals surface area contributed by atoms with E-state index in [-0.39, 0.29) is 11.6 Å². The minimum atomic E-state index is -0.335. The molecule has 4 heteroatoms. The van der Waals surface area contributed by atoms with Crippen LogP contribution in [0.25, 0.3) is 11.1 Å². The second-order valence-electron chi connectivity index (χ2n) is 9.34. The second-order valence-corrected chi connectivity index (χ2v) is 9.34. The minimum absolute atomic E-state index is 0.335. The molecule has 0 unspecified atom stereocenters. The molecule has 174 valence electrons. The van der Waals surface area contributed by atoms with Crippen molar-refractivity contribution >= 4 is 0 Å². The van der Waals surface area contributed by atoms with Crippen LogP contribution in [-0.4, -0.2) is 25.4 Å². The Morgan fingerprint density at radius 2 is 1.00 bits per heavy atom. The van der Waals surface area contributed by atoms with Crippen LogP contribution >= 0.6 is 0 Å². The van der Waals surface area contributed by atoms with Crippen molar-refractivity contribution in [2.45, 2.75) is 89.3 Å². The lowest BCUT2D eigenvalue weighted by Gasteiger charge is -2.29. The zero-order chi connectivity index (χ0) is 22.5. The fourth-order valence-electron chi connectivity index (χ4n) is 5.60. The van der Waals surface area contributed by atoms with E-state index in [0.717, 1.165) is 75.7 Å². The molecule has 2 aliphatic rings. The van der Waals surface area contributed by atoms with Gasteiger partial charge in [0.05, 0.1) is 12.2 Å². The highest BCUT2D eigenvalue weighted by Crippen LogP contribution is 2.38. The van der Waals surface area contributed by atoms with Crippen LogP contribution in [0.15, 0.2) is 36.4 Å². The lowest BCUT2D eigenvalue weighted by Crippen LogP contribution is -2.20. The third kappa shape index (κ3) is 5.40. The van der Waals surface area contributed by atoms with Crippen molar-refractivity contribution in [1.82, 2.24) is 0 Å². The number of halogens is 2. The molecule has 2 saturated carbocycles. The maximum absolute atomic E-state index is 15.0. The highest BCUT2D eigenvalue weighted by atomic mass is 19.1. The number of benzene rings is 2. The van der Waals surface area contributed by atoms with Gasteiger partial charge in [0.25, 0.3) is 0 Å². The lowest BCUT2D eigenvalue weighted by molar-refractivity contribution is 0.0326. The van der Waals surface area contributed by atoms with E-state index >= 15 is 8.78 Å². The first kappa shape index (κ1) is 23.4. The van der Waals surface area contributed by atoms with E-state index < -0.39 is 0 Å². The Morgan fingerprint density at radius 3 is 1.31 bits per heavy atom. The van der Waals surface area contributed by atoms with Gasteiger partial charge >= 0.3 is 0 Å². The molecule has 2 aromatic carbocycles. The topological polar surface area (TPSA) is 18.5 Å². The van der Waals surface area contributed by atoms with Gasteiger partial charge in [-0.25, -0.2) is 8.78 Å². The van der Waals surface area contributed by atoms with Gasteiger partial charge in [-0.3, -0.25) is 0 Å². The summed E-state index contributed by atoms with van der Waals surface area (Å²) >= 11 is 0. The van der Waals surface area contributed by atoms with Crippen LogP contribution in [0.2, 0.25) is 0 Å². The first-order valence-electron chi connectivity index (χ1n) is 12.4. The first-order chi connectivity index (χ1) is 15.6. The molecule has 2 aromatic rings. The molecule has 2 nitrogen and oxygen atoms in total. The second kappa shape index (κ2) is 10.9. The van der Waals surface area contributed by atoms with Crippen LogP contribution in [0.3, 0.4) is 0 Å². The molecular weight excluding hydrogens is 406 g/mol. The molecule has 0 aromatic heterocycles. The Bertz CT molecular complexity index is 807. The predicted molar refractivity (Wildman–Crippen MR) is 125 cm³/mol. The van der Waals surface area contributed by atoms with Crippen molar-refractivity contribution in [3.8, 4) is 11.1 Å². The Kier molecular flexibility index (Phi) is 7.96. The molecule has 0 spiro atoms. The zero-order valence-corrected chi connectivity index (χ0v) is 19.4. The van der Waals surface area contributed by atoms with Gasteiger partial charge in [0, 0.05) is 24.3 Å². The summed E-state index contributed by atoms with van der Waals surface area (Å²) in [6, 6.07) is 10.7. The Morgan fingerprint density at radius 1 is 0.625 bits per heavy atom. The van der Waals surface area contributed by atoms with Crippen molar-refractivity contribution in [1.29, 1.82) is 0 Å². The van der Waals surface area contributed by atoms with Crippen LogP contribution in [0.5, 0.6) is 0 Å². The molecule has 4 rings (SSSR count). The number of hydrogen-bond acceptors (Lipinski definition) is 2. The smallest absolute Gasteiger partial charge is 0.131 e. The Balaban J connectivity index is 1.44. The predicted octanol–water partition coefficient (Wildman–Crippen LogP) is 7.76. The standard InChI is InChI=1S/C28H36F2O2/c1-3-31-23-11-5-19(6-12-23)21-9-15-25(27(29)17-21)26-16-10-22(18-28(26)30)20-7-13-24(14-8-20)32-4-2/h9-10,15-20,23-24H,3-8,11-14H2,1-2H3/t19-,20-,23-,24-. The molecule has 2 fully saturated rings. The highest BCUT2D eigenvalue weighted by Gasteiger charge is 2.25. The molecule has 0 atom stereocenters. The van der Waals surface area contributed by atoms with Gasteiger partial charge < -0.3 is 9.47 Å². The van der Waals surface area contributed by atoms with E-state index in [1.165, 1.54) is 0 Å². The molecule has 0 saturated heterocycles. The monoisotopic (exact) mass is 442 g/mol. The maximum atomic E-state index is 15.0. The molecule has 0 aliphatic heterocycles. The summed E-state index contributed by atoms with van der Waals surface area (Å²) in [6.07, 6.45) is 8.79. The number of rotatable bonds is 7. The summed E-state index contributed by atoms with van der Waals surface area (Å²) in [4.78, 5) is 0. The fourth-order valence-corrected chi connectivity index (χ4v) is 5.60. The average molecular weight is 443 g/mol. The first-order valence-corrected chi connectivity index (χ1v) is 12.4. The summed E-state index contributed by atoms with van der Waals surface area (Å²) in [5.41, 5.74) is 2.73. The Hall–Kier alpha value is -1.78. The summed E-state index contributed by atoms with van der Waals surface area (Å²) in [7, 11) is 0. The van der Waals surface area contributed by atoms with Gasteiger partial charge in [-0.1, -0.05) is 24.3 Å². The van der Waals surface area contributed by atoms with Crippen LogP contribution < -0.4 is 0 Å². The van der Waals surface area contributed by atoms with E-state index in [1.54, 1.807) is 24.3 Å². The third-order valence-electron chi connectivity index (χ3n) is 7.37. The van der Waals surface area contributed by atoms with Crippen molar-refractivity contribution in [2.75, 3.05) is 13.2 Å². The highest BCUT2D eigenvalue weighted by molar-refractivity contribution is 5.66. The van der Waals surface area contributed by atoms with Gasteiger partial charge in [-0.2, -0.15) is 0 Å². The lowest BCUT2D eigenvalue weighted by atomic mass is 9.81. The van der Waals surface area contributed by atoms with Crippen molar-refractivity contribution in [3.63, 3.8) is 0 Å². The molecule has 0 amide bonds. The third-order valence-corrected chi connectivity index (χ3v) is 7.37. The van der Waals surface area contributed by atoms with Crippen molar-refractivity contribution in [3.05, 3.63) is 59.2 Å². The van der Waals surface area contributed by atoms with E-state index in [1.807, 2.05) is 26.0 Å². The van der Waals surface area contributed by atoms with Gasteiger partial charge in [0.1, 0.15) is 11.6 Å². The van der Waals surface area contributed by atoms with Crippen molar-refractivity contribution in [2.24, 2.45) is 0 Å². The summed E-state index contributed by atoms with van der Waals surface area (Å²) in [5.74, 6) is 0.0418. The average Bonchev–Trinajstić information content (AvgIpc) is 2.81. The quantitative estimate of drug-likeness (QED) is 0.436. The molecule has 0 heterocycles. The van der Waals surface area contributed by atoms with Crippen LogP contribution in [0, 0.1) is 11.6 Å². The number of ether oxygens (including phenoxy) is 2. The van der Waals surface area contributed by atoms with Gasteiger partial charge in [-0.05, 0) is 100 Å². The molecule has 32 heavy (non-hydrogen) atoms. The molecule has 0 N–H and O–H groups in total. The van der Waals surface area contributed by atoms with Crippen LogP contribution in [0.4, 0.5) is 8.78 Å². The van der Waals surface area contributed by atoms with Crippen LogP contribution in [0.1, 0.15) is 88.2 Å². The summed E-state index contributed by atoms with van der Waals surface area (Å²) in [5, 5.41) is 0. The molecular formula is C28H36F2O2. The van der Waals surface area contributed by atoms with Gasteiger partial charge in [-0.15, -0.1) is 0 Å². The van der Waals surface area contributed by atoms with E-state index in [2.05, 4.69) is 0 Å². The van der Waals surface area contributed by atoms with E-state index in [4.69, 9.17) is 9.47 Å². The zero-order valence-electron chi connectivity index (χ0n) is 19.4. The van der Waals surface area contributed by atoms with E-state index in [9.17, 15) is 0 Å².